The van der Waals surface area contributed by atoms with Gasteiger partial charge in [0.25, 0.3) is 0 Å². The van der Waals surface area contributed by atoms with Crippen LogP contribution >= 0.6 is 11.6 Å². The molecule has 0 heterocycles. The van der Waals surface area contributed by atoms with Gasteiger partial charge in [0.1, 0.15) is 5.75 Å². The predicted molar refractivity (Wildman–Crippen MR) is 58.1 cm³/mol. The van der Waals surface area contributed by atoms with Crippen molar-refractivity contribution < 1.29 is 13.5 Å². The molecule has 1 aliphatic rings. The van der Waals surface area contributed by atoms with E-state index in [4.69, 9.17) is 11.6 Å². The van der Waals surface area contributed by atoms with Gasteiger partial charge in [-0.05, 0) is 38.1 Å². The molecule has 0 unspecified atom stereocenters. The van der Waals surface area contributed by atoms with Crippen molar-refractivity contribution in [2.75, 3.05) is 7.05 Å². The zero-order valence-electron chi connectivity index (χ0n) is 8.77. The molecule has 2 nitrogen and oxygen atoms in total. The van der Waals surface area contributed by atoms with Gasteiger partial charge in [-0.2, -0.15) is 8.78 Å². The lowest BCUT2D eigenvalue weighted by Crippen LogP contribution is -2.25. The molecule has 1 aromatic rings. The molecule has 1 fully saturated rings. The lowest BCUT2D eigenvalue weighted by Gasteiger charge is -2.19. The molecule has 1 aromatic carbocycles. The van der Waals surface area contributed by atoms with E-state index in [0.717, 1.165) is 12.8 Å². The van der Waals surface area contributed by atoms with E-state index in [-0.39, 0.29) is 11.3 Å². The number of rotatable bonds is 4. The van der Waals surface area contributed by atoms with Crippen molar-refractivity contribution in [3.63, 3.8) is 0 Å². The first-order chi connectivity index (χ1) is 7.57. The number of halogens is 3. The van der Waals surface area contributed by atoms with Crippen LogP contribution in [-0.2, 0) is 5.54 Å². The Balaban J connectivity index is 2.37. The molecule has 0 radical (unpaired) electrons. The molecule has 1 saturated carbocycles. The van der Waals surface area contributed by atoms with Crippen LogP contribution in [0, 0.1) is 0 Å². The van der Waals surface area contributed by atoms with Crippen molar-refractivity contribution >= 4 is 11.6 Å². The van der Waals surface area contributed by atoms with Crippen LogP contribution < -0.4 is 10.1 Å². The largest absolute Gasteiger partial charge is 0.434 e. The fraction of sp³-hybridized carbons (Fsp3) is 0.455. The Kier molecular flexibility index (Phi) is 3.04. The van der Waals surface area contributed by atoms with Gasteiger partial charge in [0.15, 0.2) is 0 Å². The number of nitrogens with one attached hydrogen (secondary N) is 1. The van der Waals surface area contributed by atoms with Crippen LogP contribution in [0.2, 0.25) is 5.02 Å². The molecule has 0 amide bonds. The third-order valence-corrected chi connectivity index (χ3v) is 3.14. The van der Waals surface area contributed by atoms with Crippen LogP contribution in [0.1, 0.15) is 18.4 Å². The second-order valence-electron chi connectivity index (χ2n) is 3.85. The smallest absolute Gasteiger partial charge is 0.387 e. The van der Waals surface area contributed by atoms with Crippen molar-refractivity contribution in [1.29, 1.82) is 0 Å². The molecule has 1 aliphatic carbocycles. The summed E-state index contributed by atoms with van der Waals surface area (Å²) in [5, 5.41) is 3.65. The Hall–Kier alpha value is -0.870. The molecular formula is C11H12ClF2NO. The molecule has 0 aliphatic heterocycles. The van der Waals surface area contributed by atoms with Crippen LogP contribution in [-0.4, -0.2) is 13.7 Å². The third-order valence-electron chi connectivity index (χ3n) is 2.90. The van der Waals surface area contributed by atoms with Gasteiger partial charge in [-0.1, -0.05) is 11.6 Å². The zero-order chi connectivity index (χ0) is 11.8. The maximum absolute atomic E-state index is 12.2. The van der Waals surface area contributed by atoms with E-state index in [1.54, 1.807) is 19.2 Å². The fourth-order valence-electron chi connectivity index (χ4n) is 1.85. The number of hydrogen-bond acceptors (Lipinski definition) is 2. The van der Waals surface area contributed by atoms with Gasteiger partial charge in [0.05, 0.1) is 0 Å². The van der Waals surface area contributed by atoms with E-state index in [0.29, 0.717) is 10.6 Å². The van der Waals surface area contributed by atoms with Crippen LogP contribution in [0.25, 0.3) is 0 Å². The Morgan fingerprint density at radius 2 is 2.12 bits per heavy atom. The summed E-state index contributed by atoms with van der Waals surface area (Å²) >= 11 is 5.87. The molecule has 1 N–H and O–H groups in total. The average Bonchev–Trinajstić information content (AvgIpc) is 3.01. The minimum atomic E-state index is -2.81. The molecule has 88 valence electrons. The van der Waals surface area contributed by atoms with Crippen molar-refractivity contribution in [1.82, 2.24) is 5.32 Å². The van der Waals surface area contributed by atoms with Crippen LogP contribution in [0.5, 0.6) is 5.75 Å². The first-order valence-electron chi connectivity index (χ1n) is 5.01. The van der Waals surface area contributed by atoms with E-state index in [9.17, 15) is 8.78 Å². The minimum absolute atomic E-state index is 0.200. The van der Waals surface area contributed by atoms with Crippen LogP contribution in [0.3, 0.4) is 0 Å². The Labute approximate surface area is 97.5 Å². The summed E-state index contributed by atoms with van der Waals surface area (Å²) < 4.78 is 29.0. The summed E-state index contributed by atoms with van der Waals surface area (Å²) in [6, 6.07) is 4.72. The van der Waals surface area contributed by atoms with Crippen LogP contribution in [0.4, 0.5) is 8.78 Å². The molecule has 0 saturated heterocycles. The number of hydrogen-bond donors (Lipinski definition) is 1. The molecule has 0 spiro atoms. The lowest BCUT2D eigenvalue weighted by molar-refractivity contribution is -0.0508. The molecule has 2 rings (SSSR count). The maximum Gasteiger partial charge on any atom is 0.387 e. The SMILES string of the molecule is CNC1(c2cc(Cl)ccc2OC(F)F)CC1. The van der Waals surface area contributed by atoms with E-state index >= 15 is 0 Å². The van der Waals surface area contributed by atoms with Gasteiger partial charge in [-0.25, -0.2) is 0 Å². The van der Waals surface area contributed by atoms with Gasteiger partial charge in [0.2, 0.25) is 0 Å². The molecule has 5 heteroatoms. The number of ether oxygens (including phenoxy) is 1. The topological polar surface area (TPSA) is 21.3 Å². The van der Waals surface area contributed by atoms with Crippen molar-refractivity contribution in [2.45, 2.75) is 25.0 Å². The highest BCUT2D eigenvalue weighted by Crippen LogP contribution is 2.49. The highest BCUT2D eigenvalue weighted by Gasteiger charge is 2.45. The fourth-order valence-corrected chi connectivity index (χ4v) is 2.03. The monoisotopic (exact) mass is 247 g/mol. The summed E-state index contributed by atoms with van der Waals surface area (Å²) in [7, 11) is 1.81. The first kappa shape index (κ1) is 11.6. The van der Waals surface area contributed by atoms with Gasteiger partial charge >= 0.3 is 6.61 Å². The summed E-state index contributed by atoms with van der Waals surface area (Å²) in [6.45, 7) is -2.81. The quantitative estimate of drug-likeness (QED) is 0.883. The Morgan fingerprint density at radius 3 is 2.62 bits per heavy atom. The van der Waals surface area contributed by atoms with Crippen molar-refractivity contribution in [3.8, 4) is 5.75 Å². The van der Waals surface area contributed by atoms with E-state index in [2.05, 4.69) is 10.1 Å². The zero-order valence-corrected chi connectivity index (χ0v) is 9.52. The molecule has 0 atom stereocenters. The van der Waals surface area contributed by atoms with Gasteiger partial charge in [0, 0.05) is 16.1 Å². The maximum atomic E-state index is 12.2. The van der Waals surface area contributed by atoms with E-state index < -0.39 is 6.61 Å². The van der Waals surface area contributed by atoms with Crippen LogP contribution in [0.15, 0.2) is 18.2 Å². The van der Waals surface area contributed by atoms with Gasteiger partial charge in [-0.15, -0.1) is 0 Å². The first-order valence-corrected chi connectivity index (χ1v) is 5.39. The standard InChI is InChI=1S/C11H12ClF2NO/c1-15-11(4-5-11)8-6-7(12)2-3-9(8)16-10(13)14/h2-3,6,10,15H,4-5H2,1H3. The van der Waals surface area contributed by atoms with Gasteiger partial charge < -0.3 is 10.1 Å². The second kappa shape index (κ2) is 4.18. The average molecular weight is 248 g/mol. The van der Waals surface area contributed by atoms with Gasteiger partial charge in [-0.3, -0.25) is 0 Å². The second-order valence-corrected chi connectivity index (χ2v) is 4.29. The Morgan fingerprint density at radius 1 is 1.44 bits per heavy atom. The molecular weight excluding hydrogens is 236 g/mol. The van der Waals surface area contributed by atoms with E-state index in [1.165, 1.54) is 6.07 Å². The molecule has 0 bridgehead atoms. The summed E-state index contributed by atoms with van der Waals surface area (Å²) in [6.07, 6.45) is 1.81. The van der Waals surface area contributed by atoms with Crippen molar-refractivity contribution in [2.24, 2.45) is 0 Å². The number of alkyl halides is 2. The van der Waals surface area contributed by atoms with E-state index in [1.807, 2.05) is 0 Å². The van der Waals surface area contributed by atoms with Crippen molar-refractivity contribution in [3.05, 3.63) is 28.8 Å². The third kappa shape index (κ3) is 2.13. The Bertz CT molecular complexity index is 394. The normalized spacial score (nSPS) is 17.6. The highest BCUT2D eigenvalue weighted by atomic mass is 35.5. The molecule has 0 aromatic heterocycles. The summed E-state index contributed by atoms with van der Waals surface area (Å²) in [4.78, 5) is 0. The lowest BCUT2D eigenvalue weighted by atomic mass is 10.0. The number of benzene rings is 1. The summed E-state index contributed by atoms with van der Waals surface area (Å²) in [5.41, 5.74) is 0.470. The predicted octanol–water partition coefficient (Wildman–Crippen LogP) is 3.15. The summed E-state index contributed by atoms with van der Waals surface area (Å²) in [5.74, 6) is 0.200. The molecule has 16 heavy (non-hydrogen) atoms. The highest BCUT2D eigenvalue weighted by molar-refractivity contribution is 6.30. The minimum Gasteiger partial charge on any atom is -0.434 e.